The number of aromatic nitrogens is 8. The van der Waals surface area contributed by atoms with E-state index in [0.29, 0.717) is 17.4 Å². The highest BCUT2D eigenvalue weighted by atomic mass is 19.1. The minimum absolute atomic E-state index is 0.169. The Morgan fingerprint density at radius 1 is 1.06 bits per heavy atom. The van der Waals surface area contributed by atoms with E-state index < -0.39 is 11.9 Å². The van der Waals surface area contributed by atoms with Gasteiger partial charge in [-0.05, 0) is 31.2 Å². The zero-order valence-corrected chi connectivity index (χ0v) is 18.9. The van der Waals surface area contributed by atoms with E-state index in [-0.39, 0.29) is 5.75 Å². The molecule has 6 aromatic rings. The van der Waals surface area contributed by atoms with Gasteiger partial charge >= 0.3 is 0 Å². The molecule has 6 rings (SSSR count). The summed E-state index contributed by atoms with van der Waals surface area (Å²) < 4.78 is 25.4. The number of aryl methyl sites for hydroxylation is 1. The number of anilines is 2. The van der Waals surface area contributed by atoms with Crippen LogP contribution in [0.4, 0.5) is 16.2 Å². The molecule has 1 atom stereocenters. The van der Waals surface area contributed by atoms with Crippen molar-refractivity contribution in [2.75, 3.05) is 5.32 Å². The molecule has 0 saturated heterocycles. The summed E-state index contributed by atoms with van der Waals surface area (Å²) in [5, 5.41) is 16.0. The first-order chi connectivity index (χ1) is 17.1. The molecule has 10 nitrogen and oxygen atoms in total. The first-order valence-electron chi connectivity index (χ1n) is 10.9. The van der Waals surface area contributed by atoms with Crippen LogP contribution in [0.2, 0.25) is 0 Å². The monoisotopic (exact) mass is 469 g/mol. The molecule has 0 saturated carbocycles. The molecular formula is C24H20FN9O. The van der Waals surface area contributed by atoms with Crippen LogP contribution in [-0.4, -0.2) is 38.7 Å². The molecule has 0 spiro atoms. The summed E-state index contributed by atoms with van der Waals surface area (Å²) in [4.78, 5) is 8.96. The third-order valence-corrected chi connectivity index (χ3v) is 5.69. The molecule has 0 unspecified atom stereocenters. The van der Waals surface area contributed by atoms with Gasteiger partial charge in [0.15, 0.2) is 29.1 Å². The Hall–Kier alpha value is -4.80. The van der Waals surface area contributed by atoms with E-state index in [9.17, 15) is 4.39 Å². The van der Waals surface area contributed by atoms with Crippen molar-refractivity contribution in [3.63, 3.8) is 0 Å². The summed E-state index contributed by atoms with van der Waals surface area (Å²) >= 11 is 0. The van der Waals surface area contributed by atoms with E-state index in [4.69, 9.17) is 4.74 Å². The average molecular weight is 469 g/mol. The number of hydrogen-bond acceptors (Lipinski definition) is 7. The van der Waals surface area contributed by atoms with Gasteiger partial charge in [0.2, 0.25) is 5.95 Å². The predicted molar refractivity (Wildman–Crippen MR) is 127 cm³/mol. The minimum atomic E-state index is -0.513. The van der Waals surface area contributed by atoms with Crippen LogP contribution in [0, 0.1) is 5.82 Å². The second kappa shape index (κ2) is 8.20. The number of halogens is 1. The van der Waals surface area contributed by atoms with Gasteiger partial charge in [0.25, 0.3) is 0 Å². The van der Waals surface area contributed by atoms with Gasteiger partial charge in [0.05, 0.1) is 17.4 Å². The molecule has 0 aliphatic carbocycles. The summed E-state index contributed by atoms with van der Waals surface area (Å²) in [5.74, 6) is 1.57. The Kier molecular flexibility index (Phi) is 4.87. The van der Waals surface area contributed by atoms with Crippen molar-refractivity contribution < 1.29 is 9.13 Å². The predicted octanol–water partition coefficient (Wildman–Crippen LogP) is 4.20. The van der Waals surface area contributed by atoms with Crippen molar-refractivity contribution in [1.82, 2.24) is 38.7 Å². The van der Waals surface area contributed by atoms with Crippen LogP contribution in [0.3, 0.4) is 0 Å². The fourth-order valence-corrected chi connectivity index (χ4v) is 3.94. The van der Waals surface area contributed by atoms with Crippen LogP contribution in [0.15, 0.2) is 73.4 Å². The van der Waals surface area contributed by atoms with Gasteiger partial charge in [-0.2, -0.15) is 5.10 Å². The normalized spacial score (nSPS) is 12.3. The van der Waals surface area contributed by atoms with Gasteiger partial charge in [-0.25, -0.2) is 14.4 Å². The van der Waals surface area contributed by atoms with Gasteiger partial charge in [-0.15, -0.1) is 10.2 Å². The summed E-state index contributed by atoms with van der Waals surface area (Å²) in [6.45, 7) is 1.81. The maximum absolute atomic E-state index is 14.0. The molecule has 5 heterocycles. The van der Waals surface area contributed by atoms with Gasteiger partial charge in [-0.3, -0.25) is 9.08 Å². The molecular weight excluding hydrogens is 449 g/mol. The molecule has 5 aromatic heterocycles. The average Bonchev–Trinajstić information content (AvgIpc) is 3.58. The summed E-state index contributed by atoms with van der Waals surface area (Å²) in [6, 6.07) is 12.0. The number of hydrogen-bond donors (Lipinski definition) is 1. The Morgan fingerprint density at radius 3 is 2.77 bits per heavy atom. The van der Waals surface area contributed by atoms with Crippen LogP contribution in [-0.2, 0) is 7.05 Å². The van der Waals surface area contributed by atoms with Crippen molar-refractivity contribution in [3.8, 4) is 17.0 Å². The minimum Gasteiger partial charge on any atom is -0.480 e. The third kappa shape index (κ3) is 3.72. The lowest BCUT2D eigenvalue weighted by Gasteiger charge is -2.13. The highest BCUT2D eigenvalue weighted by Gasteiger charge is 2.19. The molecule has 0 bridgehead atoms. The first-order valence-corrected chi connectivity index (χ1v) is 10.9. The number of fused-ring (bicyclic) bond motifs is 3. The quantitative estimate of drug-likeness (QED) is 0.390. The van der Waals surface area contributed by atoms with E-state index in [2.05, 4.69) is 30.6 Å². The smallest absolute Gasteiger partial charge is 0.228 e. The van der Waals surface area contributed by atoms with E-state index in [0.717, 1.165) is 22.6 Å². The highest BCUT2D eigenvalue weighted by molar-refractivity contribution is 5.78. The molecule has 35 heavy (non-hydrogen) atoms. The van der Waals surface area contributed by atoms with Crippen LogP contribution in [0.1, 0.15) is 18.9 Å². The lowest BCUT2D eigenvalue weighted by molar-refractivity contribution is 0.205. The van der Waals surface area contributed by atoms with Crippen molar-refractivity contribution in [2.45, 2.75) is 13.0 Å². The SMILES string of the molecule is C[C@H](Oc1ccccc1F)c1nnc2c3cc(-c4ccnc(Nc5ccnn5C)n4)cn3ccn12. The van der Waals surface area contributed by atoms with E-state index in [1.54, 1.807) is 35.3 Å². The second-order valence-corrected chi connectivity index (χ2v) is 7.99. The maximum Gasteiger partial charge on any atom is 0.228 e. The van der Waals surface area contributed by atoms with E-state index in [1.807, 2.05) is 59.6 Å². The van der Waals surface area contributed by atoms with Gasteiger partial charge in [-0.1, -0.05) is 12.1 Å². The van der Waals surface area contributed by atoms with Crippen molar-refractivity contribution in [3.05, 3.63) is 85.1 Å². The van der Waals surface area contributed by atoms with Gasteiger partial charge in [0, 0.05) is 43.5 Å². The summed E-state index contributed by atoms with van der Waals surface area (Å²) in [5.41, 5.74) is 3.15. The van der Waals surface area contributed by atoms with Crippen LogP contribution in [0.25, 0.3) is 22.4 Å². The topological polar surface area (TPSA) is 99.5 Å². The highest BCUT2D eigenvalue weighted by Crippen LogP contribution is 2.27. The van der Waals surface area contributed by atoms with Crippen LogP contribution in [0.5, 0.6) is 5.75 Å². The number of rotatable bonds is 6. The Balaban J connectivity index is 1.33. The van der Waals surface area contributed by atoms with E-state index >= 15 is 0 Å². The molecule has 174 valence electrons. The number of para-hydroxylation sites is 1. The fraction of sp³-hybridized carbons (Fsp3) is 0.125. The third-order valence-electron chi connectivity index (χ3n) is 5.69. The zero-order chi connectivity index (χ0) is 23.9. The lowest BCUT2D eigenvalue weighted by Crippen LogP contribution is -2.09. The number of nitrogens with zero attached hydrogens (tertiary/aromatic N) is 8. The molecule has 0 fully saturated rings. The standard InChI is InChI=1S/C24H20FN9O/c1-15(35-20-6-4-3-5-17(20)25)22-30-31-23-19-13-16(14-33(19)11-12-34(22)23)18-7-9-26-24(28-18)29-21-8-10-27-32(21)2/h3-15H,1-2H3,(H,26,28,29)/t15-/m0/s1. The second-order valence-electron chi connectivity index (χ2n) is 7.99. The van der Waals surface area contributed by atoms with Crippen molar-refractivity contribution in [2.24, 2.45) is 7.05 Å². The number of benzene rings is 1. The Bertz CT molecular complexity index is 1670. The van der Waals surface area contributed by atoms with Crippen LogP contribution < -0.4 is 10.1 Å². The largest absolute Gasteiger partial charge is 0.480 e. The molecule has 0 aliphatic rings. The molecule has 1 N–H and O–H groups in total. The number of nitrogens with one attached hydrogen (secondary N) is 1. The molecule has 0 radical (unpaired) electrons. The van der Waals surface area contributed by atoms with Crippen LogP contribution >= 0.6 is 0 Å². The molecule has 0 amide bonds. The lowest BCUT2D eigenvalue weighted by atomic mass is 10.2. The summed E-state index contributed by atoms with van der Waals surface area (Å²) in [6.07, 6.45) is 8.63. The fourth-order valence-electron chi connectivity index (χ4n) is 3.94. The maximum atomic E-state index is 14.0. The summed E-state index contributed by atoms with van der Waals surface area (Å²) in [7, 11) is 1.84. The van der Waals surface area contributed by atoms with Crippen molar-refractivity contribution in [1.29, 1.82) is 0 Å². The van der Waals surface area contributed by atoms with Crippen molar-refractivity contribution >= 4 is 22.9 Å². The Labute approximate surface area is 198 Å². The first kappa shape index (κ1) is 20.8. The number of ether oxygens (including phenoxy) is 1. The Morgan fingerprint density at radius 2 is 1.94 bits per heavy atom. The molecule has 1 aromatic carbocycles. The van der Waals surface area contributed by atoms with Gasteiger partial charge < -0.3 is 14.5 Å². The van der Waals surface area contributed by atoms with Gasteiger partial charge in [0.1, 0.15) is 5.82 Å². The zero-order valence-electron chi connectivity index (χ0n) is 18.9. The molecule has 0 aliphatic heterocycles. The molecule has 11 heteroatoms. The van der Waals surface area contributed by atoms with E-state index in [1.165, 1.54) is 6.07 Å².